The van der Waals surface area contributed by atoms with Crippen LogP contribution in [0.15, 0.2) is 42.5 Å². The van der Waals surface area contributed by atoms with Crippen LogP contribution in [0.4, 0.5) is 19.7 Å². The average molecular weight is 533 g/mol. The van der Waals surface area contributed by atoms with Gasteiger partial charge in [0.25, 0.3) is 5.91 Å². The van der Waals surface area contributed by atoms with Gasteiger partial charge in [0.15, 0.2) is 17.6 Å². The maximum absolute atomic E-state index is 15.5. The monoisotopic (exact) mass is 532 g/mol. The van der Waals surface area contributed by atoms with Gasteiger partial charge in [-0.15, -0.1) is 0 Å². The lowest BCUT2D eigenvalue weighted by Gasteiger charge is -2.41. The minimum absolute atomic E-state index is 0.0755. The van der Waals surface area contributed by atoms with Crippen molar-refractivity contribution in [2.75, 3.05) is 6.54 Å². The van der Waals surface area contributed by atoms with Gasteiger partial charge in [0.05, 0.1) is 33.5 Å². The molecule has 1 aliphatic rings. The van der Waals surface area contributed by atoms with E-state index in [2.05, 4.69) is 0 Å². The lowest BCUT2D eigenvalue weighted by Crippen LogP contribution is -2.67. The number of rotatable bonds is 5. The van der Waals surface area contributed by atoms with Crippen LogP contribution in [0.5, 0.6) is 0 Å². The van der Waals surface area contributed by atoms with Crippen LogP contribution < -0.4 is 21.7 Å². The molecule has 2 heterocycles. The molecular weight excluding hydrogens is 513 g/mol. The molecule has 0 aliphatic carbocycles. The predicted molar refractivity (Wildman–Crippen MR) is 129 cm³/mol. The largest absolute Gasteiger partial charge is 0.520 e. The predicted octanol–water partition coefficient (Wildman–Crippen LogP) is 2.13. The standard InChI is InChI=1S/C23H19ClFN5O7/c24-13-6-3-5-12(18(26)31)15(13)23(20(33)34)8-10(25)9-30(23,22(36)37)17-11-4-1-2-7-14(11)29(21(28)35)16(17)19(27)32/h1-7,10H,8-9H2,(H7-,26,27,28,31,32,33,34,35,36,37)/p+1/t10-,23+,30?/m1/s1. The highest BCUT2D eigenvalue weighted by Gasteiger charge is 2.73. The van der Waals surface area contributed by atoms with Crippen molar-refractivity contribution in [2.45, 2.75) is 18.1 Å². The molecule has 0 spiro atoms. The fourth-order valence-corrected chi connectivity index (χ4v) is 5.81. The van der Waals surface area contributed by atoms with Gasteiger partial charge in [-0.2, -0.15) is 9.28 Å². The summed E-state index contributed by atoms with van der Waals surface area (Å²) >= 11 is 6.36. The summed E-state index contributed by atoms with van der Waals surface area (Å²) in [5, 5.41) is 20.9. The van der Waals surface area contributed by atoms with E-state index in [1.807, 2.05) is 0 Å². The van der Waals surface area contributed by atoms with E-state index in [9.17, 15) is 34.2 Å². The van der Waals surface area contributed by atoms with Crippen molar-refractivity contribution in [1.29, 1.82) is 0 Å². The summed E-state index contributed by atoms with van der Waals surface area (Å²) in [7, 11) is 0. The highest BCUT2D eigenvalue weighted by atomic mass is 35.5. The van der Waals surface area contributed by atoms with Crippen LogP contribution in [0.1, 0.15) is 32.8 Å². The third-order valence-corrected chi connectivity index (χ3v) is 7.01. The van der Waals surface area contributed by atoms with Gasteiger partial charge in [0.1, 0.15) is 6.54 Å². The summed E-state index contributed by atoms with van der Waals surface area (Å²) in [5.41, 5.74) is 11.2. The first-order valence-electron chi connectivity index (χ1n) is 10.6. The molecular formula is C23H20ClFN5O7+. The molecule has 12 nitrogen and oxygen atoms in total. The van der Waals surface area contributed by atoms with Crippen LogP contribution in [0.25, 0.3) is 10.9 Å². The zero-order chi connectivity index (χ0) is 27.4. The minimum atomic E-state index is -2.84. The molecule has 3 aromatic rings. The summed E-state index contributed by atoms with van der Waals surface area (Å²) in [6.07, 6.45) is -5.00. The molecule has 37 heavy (non-hydrogen) atoms. The maximum atomic E-state index is 15.5. The van der Waals surface area contributed by atoms with Gasteiger partial charge >= 0.3 is 18.1 Å². The molecule has 4 rings (SSSR count). The molecule has 8 N–H and O–H groups in total. The van der Waals surface area contributed by atoms with Gasteiger partial charge in [-0.25, -0.2) is 14.0 Å². The zero-order valence-electron chi connectivity index (χ0n) is 18.9. The van der Waals surface area contributed by atoms with Crippen molar-refractivity contribution in [3.05, 3.63) is 64.3 Å². The SMILES string of the molecule is NC(=O)c1cccc(Cl)c1[C@]1(C(=O)O)C[C@@H](F)C[N+]1(C(=O)O)c1c(C(N)=O)n(C(N)=O)c2ccccc12. The number of amides is 4. The Kier molecular flexibility index (Phi) is 5.93. The number of halogens is 2. The number of carbonyl (C=O) groups is 5. The number of hydrogen-bond acceptors (Lipinski definition) is 5. The van der Waals surface area contributed by atoms with E-state index in [1.165, 1.54) is 36.4 Å². The van der Waals surface area contributed by atoms with Gasteiger partial charge in [0, 0.05) is 0 Å². The Hall–Kier alpha value is -4.49. The van der Waals surface area contributed by atoms with Crippen LogP contribution in [-0.4, -0.2) is 57.4 Å². The highest BCUT2D eigenvalue weighted by Crippen LogP contribution is 2.55. The smallest absolute Gasteiger partial charge is 0.476 e. The van der Waals surface area contributed by atoms with E-state index in [4.69, 9.17) is 28.8 Å². The fourth-order valence-electron chi connectivity index (χ4n) is 5.48. The molecule has 0 bridgehead atoms. The Morgan fingerprint density at radius 2 is 1.65 bits per heavy atom. The second-order valence-electron chi connectivity index (χ2n) is 8.52. The number of aromatic nitrogens is 1. The molecule has 3 atom stereocenters. The number of alkyl halides is 1. The third-order valence-electron chi connectivity index (χ3n) is 6.70. The number of carboxylic acid groups (broad SMARTS) is 2. The number of hydrogen-bond donors (Lipinski definition) is 5. The lowest BCUT2D eigenvalue weighted by molar-refractivity contribution is -0.149. The number of aliphatic carboxylic acids is 1. The van der Waals surface area contributed by atoms with Crippen LogP contribution >= 0.6 is 11.6 Å². The topological polar surface area (TPSA) is 209 Å². The zero-order valence-corrected chi connectivity index (χ0v) is 19.6. The number of carbonyl (C=O) groups excluding carboxylic acids is 3. The molecule has 1 fully saturated rings. The number of benzene rings is 2. The second-order valence-corrected chi connectivity index (χ2v) is 8.93. The quantitative estimate of drug-likeness (QED) is 0.309. The average Bonchev–Trinajstić information content (AvgIpc) is 3.32. The molecule has 14 heteroatoms. The Bertz CT molecular complexity index is 1540. The van der Waals surface area contributed by atoms with E-state index in [0.717, 1.165) is 6.07 Å². The number of fused-ring (bicyclic) bond motifs is 1. The van der Waals surface area contributed by atoms with Crippen molar-refractivity contribution in [2.24, 2.45) is 17.2 Å². The van der Waals surface area contributed by atoms with E-state index in [-0.39, 0.29) is 15.9 Å². The maximum Gasteiger partial charge on any atom is 0.520 e. The normalized spacial score (nSPS) is 23.1. The Labute approximate surface area is 212 Å². The first kappa shape index (κ1) is 25.6. The first-order chi connectivity index (χ1) is 17.3. The van der Waals surface area contributed by atoms with Crippen LogP contribution in [0, 0.1) is 0 Å². The number of carboxylic acids is 1. The number of primary amides is 3. The summed E-state index contributed by atoms with van der Waals surface area (Å²) in [6.45, 7) is -1.03. The Balaban J connectivity index is 2.34. The van der Waals surface area contributed by atoms with Crippen molar-refractivity contribution in [3.63, 3.8) is 0 Å². The van der Waals surface area contributed by atoms with E-state index < -0.39 is 81.6 Å². The summed E-state index contributed by atoms with van der Waals surface area (Å²) < 4.78 is 14.3. The number of nitrogens with zero attached hydrogens (tertiary/aromatic N) is 2. The highest BCUT2D eigenvalue weighted by molar-refractivity contribution is 6.32. The van der Waals surface area contributed by atoms with Gasteiger partial charge in [-0.05, 0) is 24.3 Å². The molecule has 192 valence electrons. The minimum Gasteiger partial charge on any atom is -0.476 e. The van der Waals surface area contributed by atoms with Gasteiger partial charge in [-0.1, -0.05) is 29.8 Å². The summed E-state index contributed by atoms with van der Waals surface area (Å²) in [4.78, 5) is 63.9. The van der Waals surface area contributed by atoms with Gasteiger partial charge in [-0.3, -0.25) is 14.2 Å². The van der Waals surface area contributed by atoms with E-state index in [0.29, 0.717) is 4.57 Å². The molecule has 2 aromatic carbocycles. The van der Waals surface area contributed by atoms with Crippen LogP contribution in [0.3, 0.4) is 0 Å². The van der Waals surface area contributed by atoms with Crippen molar-refractivity contribution in [1.82, 2.24) is 9.05 Å². The fraction of sp³-hybridized carbons (Fsp3) is 0.174. The molecule has 1 saturated heterocycles. The summed E-state index contributed by atoms with van der Waals surface area (Å²) in [6, 6.07) is 7.88. The number of nitrogens with two attached hydrogens (primary N) is 3. The number of quaternary nitrogens is 1. The molecule has 4 amide bonds. The van der Waals surface area contributed by atoms with Gasteiger partial charge < -0.3 is 27.4 Å². The Morgan fingerprint density at radius 1 is 1.00 bits per heavy atom. The van der Waals surface area contributed by atoms with E-state index in [1.54, 1.807) is 0 Å². The molecule has 1 unspecified atom stereocenters. The van der Waals surface area contributed by atoms with Crippen LogP contribution in [0.2, 0.25) is 5.02 Å². The number of likely N-dealkylation sites (tertiary alicyclic amines) is 1. The van der Waals surface area contributed by atoms with Crippen molar-refractivity contribution in [3.8, 4) is 0 Å². The third kappa shape index (κ3) is 3.28. The molecule has 1 aliphatic heterocycles. The summed E-state index contributed by atoms with van der Waals surface area (Å²) in [5.74, 6) is -4.37. The first-order valence-corrected chi connectivity index (χ1v) is 11.0. The lowest BCUT2D eigenvalue weighted by atomic mass is 9.81. The van der Waals surface area contributed by atoms with Crippen molar-refractivity contribution >= 4 is 58.1 Å². The molecule has 0 radical (unpaired) electrons. The molecule has 1 aromatic heterocycles. The van der Waals surface area contributed by atoms with Gasteiger partial charge in [0.2, 0.25) is 11.4 Å². The van der Waals surface area contributed by atoms with E-state index >= 15 is 4.39 Å². The van der Waals surface area contributed by atoms with Crippen molar-refractivity contribution < 1.29 is 38.6 Å². The Morgan fingerprint density at radius 3 is 2.19 bits per heavy atom. The molecule has 0 saturated carbocycles. The second kappa shape index (κ2) is 8.57. The number of para-hydroxylation sites is 1. The van der Waals surface area contributed by atoms with Crippen LogP contribution in [-0.2, 0) is 10.3 Å².